The maximum absolute atomic E-state index is 13.3. The molecule has 0 N–H and O–H groups in total. The number of rotatable bonds is 4. The highest BCUT2D eigenvalue weighted by atomic mass is 16.5. The quantitative estimate of drug-likeness (QED) is 0.836. The number of hydrogen-bond donors (Lipinski definition) is 0. The largest absolute Gasteiger partial charge is 0.423 e. The van der Waals surface area contributed by atoms with Gasteiger partial charge in [0.1, 0.15) is 12.1 Å². The van der Waals surface area contributed by atoms with Crippen LogP contribution in [-0.4, -0.2) is 53.3 Å². The summed E-state index contributed by atoms with van der Waals surface area (Å²) in [4.78, 5) is 17.4. The number of benzene rings is 1. The lowest BCUT2D eigenvalue weighted by Crippen LogP contribution is -2.47. The van der Waals surface area contributed by atoms with Crippen molar-refractivity contribution in [3.8, 4) is 0 Å². The van der Waals surface area contributed by atoms with E-state index < -0.39 is 0 Å². The fraction of sp³-hybridized carbons (Fsp3) is 0.526. The highest BCUT2D eigenvalue weighted by molar-refractivity contribution is 5.86. The van der Waals surface area contributed by atoms with Crippen molar-refractivity contribution in [2.75, 3.05) is 25.1 Å². The van der Waals surface area contributed by atoms with Crippen LogP contribution in [0.15, 0.2) is 28.7 Å². The molecule has 1 fully saturated rings. The summed E-state index contributed by atoms with van der Waals surface area (Å²) in [5.74, 6) is 1.07. The van der Waals surface area contributed by atoms with Crippen molar-refractivity contribution in [2.24, 2.45) is 0 Å². The number of hydrogen-bond acceptors (Lipinski definition) is 6. The van der Waals surface area contributed by atoms with Crippen molar-refractivity contribution >= 4 is 11.6 Å². The predicted molar refractivity (Wildman–Crippen MR) is 95.9 cm³/mol. The van der Waals surface area contributed by atoms with E-state index in [2.05, 4.69) is 27.2 Å². The number of anilines is 1. The molecule has 1 aromatic heterocycles. The Labute approximate surface area is 152 Å². The molecule has 26 heavy (non-hydrogen) atoms. The lowest BCUT2D eigenvalue weighted by molar-refractivity contribution is -0.134. The van der Waals surface area contributed by atoms with Crippen LogP contribution in [0.3, 0.4) is 0 Å². The molecule has 3 heterocycles. The second-order valence-electron chi connectivity index (χ2n) is 7.01. The Hall–Kier alpha value is -2.41. The number of carbonyl (C=O) groups is 1. The van der Waals surface area contributed by atoms with E-state index in [4.69, 9.17) is 9.15 Å². The van der Waals surface area contributed by atoms with Crippen molar-refractivity contribution in [3.05, 3.63) is 41.6 Å². The number of amides is 1. The molecule has 1 unspecified atom stereocenters. The molecule has 3 atom stereocenters. The van der Waals surface area contributed by atoms with E-state index in [9.17, 15) is 4.79 Å². The van der Waals surface area contributed by atoms with Gasteiger partial charge in [-0.25, -0.2) is 0 Å². The van der Waals surface area contributed by atoms with Crippen LogP contribution < -0.4 is 4.90 Å². The average Bonchev–Trinajstić information content (AvgIpc) is 3.37. The number of nitrogens with zero attached hydrogens (tertiary/aromatic N) is 4. The SMILES string of the molecule is CO[C@H]1C[C@H](c2nnc(C)o2)N(C(=O)C(C)N2CCc3ccccc32)C1. The second-order valence-corrected chi connectivity index (χ2v) is 7.01. The minimum Gasteiger partial charge on any atom is -0.423 e. The van der Waals surface area contributed by atoms with Crippen LogP contribution in [0.4, 0.5) is 5.69 Å². The Bertz CT molecular complexity index is 806. The first-order chi connectivity index (χ1) is 12.6. The number of methoxy groups -OCH3 is 1. The molecular weight excluding hydrogens is 332 g/mol. The van der Waals surface area contributed by atoms with Gasteiger partial charge in [0.2, 0.25) is 17.7 Å². The lowest BCUT2D eigenvalue weighted by Gasteiger charge is -2.31. The first-order valence-corrected chi connectivity index (χ1v) is 9.06. The van der Waals surface area contributed by atoms with Gasteiger partial charge in [-0.2, -0.15) is 0 Å². The van der Waals surface area contributed by atoms with E-state index in [-0.39, 0.29) is 24.1 Å². The third-order valence-corrected chi connectivity index (χ3v) is 5.45. The van der Waals surface area contributed by atoms with Crippen molar-refractivity contribution in [1.82, 2.24) is 15.1 Å². The molecule has 1 aromatic carbocycles. The van der Waals surface area contributed by atoms with Gasteiger partial charge in [-0.15, -0.1) is 10.2 Å². The lowest BCUT2D eigenvalue weighted by atomic mass is 10.1. The summed E-state index contributed by atoms with van der Waals surface area (Å²) < 4.78 is 11.1. The van der Waals surface area contributed by atoms with Crippen LogP contribution in [-0.2, 0) is 16.0 Å². The minimum absolute atomic E-state index is 0.0192. The fourth-order valence-electron chi connectivity index (χ4n) is 4.03. The molecule has 2 aromatic rings. The van der Waals surface area contributed by atoms with Crippen LogP contribution in [0, 0.1) is 6.92 Å². The molecule has 0 saturated carbocycles. The van der Waals surface area contributed by atoms with Crippen LogP contribution in [0.1, 0.15) is 36.7 Å². The number of carbonyl (C=O) groups excluding carboxylic acids is 1. The number of likely N-dealkylation sites (tertiary alicyclic amines) is 1. The summed E-state index contributed by atoms with van der Waals surface area (Å²) in [6, 6.07) is 7.82. The van der Waals surface area contributed by atoms with Gasteiger partial charge in [-0.05, 0) is 25.0 Å². The van der Waals surface area contributed by atoms with Gasteiger partial charge >= 0.3 is 0 Å². The van der Waals surface area contributed by atoms with Crippen molar-refractivity contribution < 1.29 is 13.9 Å². The molecule has 0 bridgehead atoms. The monoisotopic (exact) mass is 356 g/mol. The molecule has 1 amide bonds. The van der Waals surface area contributed by atoms with Crippen molar-refractivity contribution in [2.45, 2.75) is 44.9 Å². The molecular formula is C19H24N4O3. The van der Waals surface area contributed by atoms with Gasteiger partial charge in [-0.3, -0.25) is 4.79 Å². The summed E-state index contributed by atoms with van der Waals surface area (Å²) in [5, 5.41) is 8.06. The number of aromatic nitrogens is 2. The minimum atomic E-state index is -0.249. The predicted octanol–water partition coefficient (Wildman–Crippen LogP) is 2.12. The van der Waals surface area contributed by atoms with Crippen molar-refractivity contribution in [3.63, 3.8) is 0 Å². The van der Waals surface area contributed by atoms with E-state index in [1.165, 1.54) is 5.56 Å². The standard InChI is InChI=1S/C19H24N4O3/c1-12(22-9-8-14-6-4-5-7-16(14)22)19(24)23-11-15(25-3)10-17(23)18-21-20-13(2)26-18/h4-7,12,15,17H,8-11H2,1-3H3/t12?,15-,17+/m0/s1. The average molecular weight is 356 g/mol. The third kappa shape index (κ3) is 2.86. The first kappa shape index (κ1) is 17.0. The Kier molecular flexibility index (Phi) is 4.40. The summed E-state index contributed by atoms with van der Waals surface area (Å²) in [6.45, 7) is 5.13. The number of fused-ring (bicyclic) bond motifs is 1. The second kappa shape index (κ2) is 6.72. The molecule has 1 saturated heterocycles. The number of aryl methyl sites for hydroxylation is 1. The fourth-order valence-corrected chi connectivity index (χ4v) is 4.03. The van der Waals surface area contributed by atoms with Gasteiger partial charge in [0, 0.05) is 39.2 Å². The zero-order valence-corrected chi connectivity index (χ0v) is 15.4. The molecule has 7 heteroatoms. The molecule has 4 rings (SSSR count). The highest BCUT2D eigenvalue weighted by Crippen LogP contribution is 2.35. The maximum Gasteiger partial charge on any atom is 0.245 e. The number of ether oxygens (including phenoxy) is 1. The van der Waals surface area contributed by atoms with E-state index in [1.807, 2.05) is 24.0 Å². The zero-order valence-electron chi connectivity index (χ0n) is 15.4. The molecule has 2 aliphatic heterocycles. The van der Waals surface area contributed by atoms with Gasteiger partial charge in [-0.1, -0.05) is 18.2 Å². The van der Waals surface area contributed by atoms with Gasteiger partial charge in [0.15, 0.2) is 0 Å². The number of para-hydroxylation sites is 1. The van der Waals surface area contributed by atoms with Gasteiger partial charge < -0.3 is 19.0 Å². The summed E-state index contributed by atoms with van der Waals surface area (Å²) in [6.07, 6.45) is 1.63. The van der Waals surface area contributed by atoms with Crippen LogP contribution >= 0.6 is 0 Å². The van der Waals surface area contributed by atoms with Gasteiger partial charge in [0.05, 0.1) is 6.10 Å². The highest BCUT2D eigenvalue weighted by Gasteiger charge is 2.42. The summed E-state index contributed by atoms with van der Waals surface area (Å²) in [7, 11) is 1.68. The molecule has 0 radical (unpaired) electrons. The maximum atomic E-state index is 13.3. The Morgan fingerprint density at radius 3 is 2.88 bits per heavy atom. The Morgan fingerprint density at radius 2 is 2.15 bits per heavy atom. The van der Waals surface area contributed by atoms with Crippen LogP contribution in [0.2, 0.25) is 0 Å². The van der Waals surface area contributed by atoms with E-state index >= 15 is 0 Å². The van der Waals surface area contributed by atoms with Crippen LogP contribution in [0.25, 0.3) is 0 Å². The van der Waals surface area contributed by atoms with E-state index in [0.717, 1.165) is 18.7 Å². The third-order valence-electron chi connectivity index (χ3n) is 5.45. The topological polar surface area (TPSA) is 71.7 Å². The smallest absolute Gasteiger partial charge is 0.245 e. The molecule has 7 nitrogen and oxygen atoms in total. The zero-order chi connectivity index (χ0) is 18.3. The summed E-state index contributed by atoms with van der Waals surface area (Å²) in [5.41, 5.74) is 2.45. The Morgan fingerprint density at radius 1 is 1.35 bits per heavy atom. The molecule has 0 spiro atoms. The van der Waals surface area contributed by atoms with E-state index in [0.29, 0.717) is 24.7 Å². The normalized spacial score (nSPS) is 23.3. The van der Waals surface area contributed by atoms with Crippen molar-refractivity contribution in [1.29, 1.82) is 0 Å². The van der Waals surface area contributed by atoms with Gasteiger partial charge in [0.25, 0.3) is 0 Å². The molecule has 0 aliphatic carbocycles. The molecule has 138 valence electrons. The first-order valence-electron chi connectivity index (χ1n) is 9.06. The van der Waals surface area contributed by atoms with E-state index in [1.54, 1.807) is 14.0 Å². The Balaban J connectivity index is 1.57. The summed E-state index contributed by atoms with van der Waals surface area (Å²) >= 11 is 0. The van der Waals surface area contributed by atoms with Crippen LogP contribution in [0.5, 0.6) is 0 Å². The molecule has 2 aliphatic rings.